The lowest BCUT2D eigenvalue weighted by molar-refractivity contribution is 0.0709. The maximum atomic E-state index is 12.7. The number of nitrogens with one attached hydrogen (secondary N) is 1. The summed E-state index contributed by atoms with van der Waals surface area (Å²) >= 11 is 1.16. The van der Waals surface area contributed by atoms with Crippen LogP contribution >= 0.6 is 11.5 Å². The maximum absolute atomic E-state index is 12.7. The van der Waals surface area contributed by atoms with Crippen LogP contribution in [0, 0.1) is 0 Å². The van der Waals surface area contributed by atoms with Crippen LogP contribution in [0.5, 0.6) is 0 Å². The van der Waals surface area contributed by atoms with Crippen LogP contribution in [0.3, 0.4) is 0 Å². The van der Waals surface area contributed by atoms with Crippen molar-refractivity contribution in [1.82, 2.24) is 24.5 Å². The highest BCUT2D eigenvalue weighted by atomic mass is 32.1. The van der Waals surface area contributed by atoms with Crippen LogP contribution in [0.15, 0.2) is 17.1 Å². The Morgan fingerprint density at radius 1 is 1.55 bits per heavy atom. The highest BCUT2D eigenvalue weighted by Gasteiger charge is 2.28. The Hall–Kier alpha value is -2.09. The van der Waals surface area contributed by atoms with E-state index in [4.69, 9.17) is 0 Å². The fourth-order valence-electron chi connectivity index (χ4n) is 2.78. The molecule has 116 valence electrons. The summed E-state index contributed by atoms with van der Waals surface area (Å²) in [4.78, 5) is 32.9. The van der Waals surface area contributed by atoms with E-state index in [-0.39, 0.29) is 17.5 Å². The largest absolute Gasteiger partial charge is 0.345 e. The normalized spacial score (nSPS) is 18.4. The molecule has 0 unspecified atom stereocenters. The molecule has 1 N–H and O–H groups in total. The van der Waals surface area contributed by atoms with Crippen molar-refractivity contribution in [2.75, 3.05) is 13.1 Å². The zero-order chi connectivity index (χ0) is 15.5. The highest BCUT2D eigenvalue weighted by Crippen LogP contribution is 2.26. The number of aromatic amines is 1. The molecule has 1 atom stereocenters. The van der Waals surface area contributed by atoms with E-state index in [1.54, 1.807) is 0 Å². The van der Waals surface area contributed by atoms with E-state index in [0.717, 1.165) is 42.3 Å². The molecule has 2 aromatic heterocycles. The molecular weight excluding hydrogens is 302 g/mol. The number of likely N-dealkylation sites (tertiary alicyclic amines) is 1. The molecule has 7 nitrogen and oxygen atoms in total. The van der Waals surface area contributed by atoms with Gasteiger partial charge in [0, 0.05) is 30.9 Å². The first-order chi connectivity index (χ1) is 10.7. The molecule has 1 aliphatic heterocycles. The average molecular weight is 319 g/mol. The van der Waals surface area contributed by atoms with Crippen molar-refractivity contribution >= 4 is 17.4 Å². The van der Waals surface area contributed by atoms with E-state index in [1.807, 2.05) is 17.9 Å². The first-order valence-electron chi connectivity index (χ1n) is 7.34. The first kappa shape index (κ1) is 14.8. The molecule has 0 radical (unpaired) electrons. The van der Waals surface area contributed by atoms with Crippen LogP contribution in [0.25, 0.3) is 0 Å². The lowest BCUT2D eigenvalue weighted by Crippen LogP contribution is -2.39. The average Bonchev–Trinajstić information content (AvgIpc) is 3.03. The van der Waals surface area contributed by atoms with Crippen molar-refractivity contribution in [1.29, 1.82) is 0 Å². The van der Waals surface area contributed by atoms with Gasteiger partial charge in [-0.1, -0.05) is 11.4 Å². The van der Waals surface area contributed by atoms with E-state index in [2.05, 4.69) is 19.6 Å². The molecule has 0 aliphatic carbocycles. The molecule has 1 saturated heterocycles. The fourth-order valence-corrected chi connectivity index (χ4v) is 3.50. The number of aromatic nitrogens is 4. The third kappa shape index (κ3) is 2.92. The predicted octanol–water partition coefficient (Wildman–Crippen LogP) is 1.20. The lowest BCUT2D eigenvalue weighted by atomic mass is 9.94. The van der Waals surface area contributed by atoms with Gasteiger partial charge >= 0.3 is 5.69 Å². The van der Waals surface area contributed by atoms with Gasteiger partial charge in [-0.05, 0) is 36.9 Å². The summed E-state index contributed by atoms with van der Waals surface area (Å²) in [5, 5.41) is 4.00. The Morgan fingerprint density at radius 3 is 3.18 bits per heavy atom. The number of H-pyrrole nitrogens is 1. The molecule has 0 spiro atoms. The molecule has 2 aromatic rings. The Bertz CT molecular complexity index is 726. The number of nitrogens with zero attached hydrogens (tertiary/aromatic N) is 4. The van der Waals surface area contributed by atoms with Crippen LogP contribution in [-0.2, 0) is 6.42 Å². The summed E-state index contributed by atoms with van der Waals surface area (Å²) < 4.78 is 3.89. The number of carbonyl (C=O) groups is 1. The minimum absolute atomic E-state index is 0.00652. The van der Waals surface area contributed by atoms with Gasteiger partial charge in [0.25, 0.3) is 5.91 Å². The molecule has 8 heteroatoms. The molecule has 0 saturated carbocycles. The van der Waals surface area contributed by atoms with Gasteiger partial charge in [-0.3, -0.25) is 4.79 Å². The van der Waals surface area contributed by atoms with Gasteiger partial charge in [0.2, 0.25) is 0 Å². The van der Waals surface area contributed by atoms with Crippen molar-refractivity contribution in [3.05, 3.63) is 39.0 Å². The third-order valence-electron chi connectivity index (χ3n) is 3.93. The second kappa shape index (κ2) is 6.35. The molecule has 3 heterocycles. The Morgan fingerprint density at radius 2 is 2.41 bits per heavy atom. The number of aryl methyl sites for hydroxylation is 1. The number of piperidine rings is 1. The molecular formula is C14H17N5O2S. The number of hydrogen-bond donors (Lipinski definition) is 1. The number of carbonyl (C=O) groups excluding carboxylic acids is 1. The van der Waals surface area contributed by atoms with E-state index < -0.39 is 0 Å². The molecule has 0 bridgehead atoms. The quantitative estimate of drug-likeness (QED) is 0.918. The molecule has 1 fully saturated rings. The van der Waals surface area contributed by atoms with Crippen molar-refractivity contribution in [2.24, 2.45) is 0 Å². The second-order valence-corrected chi connectivity index (χ2v) is 6.08. The molecule has 1 amide bonds. The van der Waals surface area contributed by atoms with Crippen molar-refractivity contribution in [3.8, 4) is 0 Å². The minimum atomic E-state index is -0.346. The zero-order valence-corrected chi connectivity index (χ0v) is 13.1. The van der Waals surface area contributed by atoms with E-state index >= 15 is 0 Å². The minimum Gasteiger partial charge on any atom is -0.337 e. The predicted molar refractivity (Wildman–Crippen MR) is 82.0 cm³/mol. The smallest absolute Gasteiger partial charge is 0.337 e. The number of amides is 1. The summed E-state index contributed by atoms with van der Waals surface area (Å²) in [6, 6.07) is 1.81. The monoisotopic (exact) mass is 319 g/mol. The Kier molecular flexibility index (Phi) is 4.28. The number of rotatable bonds is 3. The van der Waals surface area contributed by atoms with Gasteiger partial charge < -0.3 is 9.88 Å². The molecule has 1 aliphatic rings. The van der Waals surface area contributed by atoms with Crippen LogP contribution in [0.4, 0.5) is 0 Å². The maximum Gasteiger partial charge on any atom is 0.345 e. The van der Waals surface area contributed by atoms with Gasteiger partial charge in [0.05, 0.1) is 5.69 Å². The summed E-state index contributed by atoms with van der Waals surface area (Å²) in [5.74, 6) is 0.132. The summed E-state index contributed by atoms with van der Waals surface area (Å²) in [7, 11) is 0. The van der Waals surface area contributed by atoms with Gasteiger partial charge in [-0.25, -0.2) is 9.78 Å². The Labute approximate surface area is 131 Å². The Balaban J connectivity index is 1.78. The van der Waals surface area contributed by atoms with Gasteiger partial charge in [0.15, 0.2) is 0 Å². The number of hydrogen-bond acceptors (Lipinski definition) is 6. The summed E-state index contributed by atoms with van der Waals surface area (Å²) in [6.45, 7) is 3.29. The highest BCUT2D eigenvalue weighted by molar-refractivity contribution is 7.08. The molecule has 3 rings (SSSR count). The van der Waals surface area contributed by atoms with Crippen LogP contribution in [-0.4, -0.2) is 43.5 Å². The zero-order valence-electron chi connectivity index (χ0n) is 12.3. The van der Waals surface area contributed by atoms with Gasteiger partial charge in [-0.15, -0.1) is 5.10 Å². The van der Waals surface area contributed by atoms with Gasteiger partial charge in [-0.2, -0.15) is 0 Å². The first-order valence-corrected chi connectivity index (χ1v) is 8.12. The summed E-state index contributed by atoms with van der Waals surface area (Å²) in [5.41, 5.74) is 1.26. The summed E-state index contributed by atoms with van der Waals surface area (Å²) in [6.07, 6.45) is 4.07. The van der Waals surface area contributed by atoms with E-state index in [0.29, 0.717) is 17.8 Å². The lowest BCUT2D eigenvalue weighted by Gasteiger charge is -2.32. The molecule has 22 heavy (non-hydrogen) atoms. The second-order valence-electron chi connectivity index (χ2n) is 5.32. The standard InChI is InChI=1S/C14H17N5O2S/c1-2-10-12(22-18-17-10)13(20)19-7-3-4-9(8-19)11-5-6-15-14(21)16-11/h5-6,9H,2-4,7-8H2,1H3,(H,15,16,21)/t9-/m1/s1. The van der Waals surface area contributed by atoms with Gasteiger partial charge in [0.1, 0.15) is 4.88 Å². The molecule has 0 aromatic carbocycles. The van der Waals surface area contributed by atoms with Crippen molar-refractivity contribution < 1.29 is 4.79 Å². The third-order valence-corrected chi connectivity index (χ3v) is 4.69. The fraction of sp³-hybridized carbons (Fsp3) is 0.500. The van der Waals surface area contributed by atoms with Crippen LogP contribution in [0.1, 0.15) is 46.7 Å². The van der Waals surface area contributed by atoms with Crippen molar-refractivity contribution in [2.45, 2.75) is 32.1 Å². The van der Waals surface area contributed by atoms with Crippen LogP contribution < -0.4 is 5.69 Å². The van der Waals surface area contributed by atoms with E-state index in [1.165, 1.54) is 6.20 Å². The topological polar surface area (TPSA) is 91.8 Å². The van der Waals surface area contributed by atoms with Crippen LogP contribution in [0.2, 0.25) is 0 Å². The van der Waals surface area contributed by atoms with Crippen molar-refractivity contribution in [3.63, 3.8) is 0 Å². The SMILES string of the molecule is CCc1nnsc1C(=O)N1CCC[C@@H](c2ccnc(=O)[nH]2)C1. The van der Waals surface area contributed by atoms with E-state index in [9.17, 15) is 9.59 Å².